The summed E-state index contributed by atoms with van der Waals surface area (Å²) in [5, 5.41) is 0. The minimum Gasteiger partial charge on any atom is -0.388 e. The molecule has 1 aromatic carbocycles. The summed E-state index contributed by atoms with van der Waals surface area (Å²) in [4.78, 5) is 9.44. The highest BCUT2D eigenvalue weighted by atomic mass is 32.2. The van der Waals surface area contributed by atoms with Gasteiger partial charge in [-0.2, -0.15) is 38.1 Å². The van der Waals surface area contributed by atoms with Crippen molar-refractivity contribution in [2.45, 2.75) is 75.2 Å². The van der Waals surface area contributed by atoms with Crippen LogP contribution in [0.4, 0.5) is 26.3 Å². The van der Waals surface area contributed by atoms with Gasteiger partial charge in [-0.05, 0) is 45.6 Å². The van der Waals surface area contributed by atoms with Gasteiger partial charge in [-0.25, -0.2) is 8.42 Å². The molecule has 1 rings (SSSR count). The number of rotatable bonds is 0. The topological polar surface area (TPSA) is 96.0 Å². The van der Waals surface area contributed by atoms with Crippen LogP contribution in [0, 0.1) is 10.8 Å². The van der Waals surface area contributed by atoms with Crippen LogP contribution in [0.2, 0.25) is 0 Å². The number of benzene rings is 1. The number of carbonyl (C=O) groups excluding carboxylic acids is 1. The number of sulfone groups is 1. The van der Waals surface area contributed by atoms with Crippen LogP contribution in [0.5, 0.6) is 0 Å². The van der Waals surface area contributed by atoms with Crippen molar-refractivity contribution >= 4 is 38.2 Å². The van der Waals surface area contributed by atoms with Crippen LogP contribution in [0.25, 0.3) is 0 Å². The number of hydrogen-bond acceptors (Lipinski definition) is 8. The molecular weight excluding hydrogens is 707 g/mol. The van der Waals surface area contributed by atoms with Gasteiger partial charge < -0.3 is 19.0 Å². The third kappa shape index (κ3) is 165. The summed E-state index contributed by atoms with van der Waals surface area (Å²) < 4.78 is 111. The van der Waals surface area contributed by atoms with E-state index >= 15 is 0 Å². The molecule has 0 aliphatic heterocycles. The SMILES string of the molecule is C.CC(C)(C(F)(F)F)C(F)(F)F.CC(C)(C)C.CC(C)=O.COC.COC.COC.CS(C)(=O)=O.CS(C)=O.CSC.c1ccccc1. The molecule has 0 amide bonds. The number of methoxy groups -OCH3 is 3. The Kier molecular flexibility index (Phi) is 69.2. The largest absolute Gasteiger partial charge is 0.402 e. The molecule has 0 fully saturated rings. The molecule has 0 atom stereocenters. The molecule has 0 unspecified atom stereocenters. The standard InChI is InChI=1S/C6H6.C5H6F6.C5H12.C3H6O.C2H6O2S.C2H6OS.3C2H6O.C2H6S.CH4/c1-2-4-6-5-3-1;1-3(2,4(6,7)8)5(9,10)11;1-5(2,3)4;1-3(2)4;1-5(2,3)4;1-4(2)3;4*1-3-2;/h1-6H;1-2H3;1-4H3;1-2H3;1-2H3;1-2H3;4*1-2H3;1H4. The predicted octanol–water partition coefficient (Wildman–Crippen LogP) is 9.53. The fourth-order valence-corrected chi connectivity index (χ4v) is 0.546. The van der Waals surface area contributed by atoms with E-state index in [1.54, 1.807) is 66.9 Å². The number of hydrogen-bond donors (Lipinski definition) is 0. The monoisotopic (exact) mass is 776 g/mol. The van der Waals surface area contributed by atoms with Gasteiger partial charge >= 0.3 is 12.4 Å². The Hall–Kier alpha value is -1.20. The van der Waals surface area contributed by atoms with Crippen molar-refractivity contribution < 1.29 is 58.0 Å². The zero-order valence-electron chi connectivity index (χ0n) is 32.3. The van der Waals surface area contributed by atoms with Crippen LogP contribution in [0.3, 0.4) is 0 Å². The molecule has 7 nitrogen and oxygen atoms in total. The molecule has 0 bridgehead atoms. The Labute approximate surface area is 298 Å². The van der Waals surface area contributed by atoms with E-state index in [9.17, 15) is 43.8 Å². The summed E-state index contributed by atoms with van der Waals surface area (Å²) in [6.45, 7) is 12.0. The van der Waals surface area contributed by atoms with Crippen molar-refractivity contribution in [1.29, 1.82) is 0 Å². The molecule has 16 heteroatoms. The summed E-state index contributed by atoms with van der Waals surface area (Å²) in [5.74, 6) is 0.167. The molecule has 0 N–H and O–H groups in total. The van der Waals surface area contributed by atoms with E-state index < -0.39 is 38.4 Å². The first-order valence-electron chi connectivity index (χ1n) is 13.2. The summed E-state index contributed by atoms with van der Waals surface area (Å²) in [6, 6.07) is 12.0. The van der Waals surface area contributed by atoms with Gasteiger partial charge in [0.25, 0.3) is 0 Å². The van der Waals surface area contributed by atoms with Crippen molar-refractivity contribution in [3.63, 3.8) is 0 Å². The number of alkyl halides is 6. The Balaban J connectivity index is -0.0000000434. The lowest BCUT2D eigenvalue weighted by atomic mass is 9.92. The first-order chi connectivity index (χ1) is 20.6. The second kappa shape index (κ2) is 45.8. The van der Waals surface area contributed by atoms with Gasteiger partial charge in [0.1, 0.15) is 15.6 Å². The number of carbonyl (C=O) groups is 1. The zero-order valence-corrected chi connectivity index (χ0v) is 34.8. The van der Waals surface area contributed by atoms with Crippen molar-refractivity contribution in [2.24, 2.45) is 10.8 Å². The van der Waals surface area contributed by atoms with Crippen LogP contribution in [0.15, 0.2) is 36.4 Å². The van der Waals surface area contributed by atoms with E-state index in [1.807, 2.05) is 48.9 Å². The van der Waals surface area contributed by atoms with Gasteiger partial charge in [0, 0.05) is 78.5 Å². The molecule has 0 aromatic heterocycles. The molecule has 0 heterocycles. The summed E-state index contributed by atoms with van der Waals surface area (Å²) in [6.07, 6.45) is -0.809. The lowest BCUT2D eigenvalue weighted by Gasteiger charge is -2.29. The Morgan fingerprint density at radius 1 is 0.625 bits per heavy atom. The smallest absolute Gasteiger partial charge is 0.388 e. The maximum Gasteiger partial charge on any atom is 0.402 e. The maximum atomic E-state index is 11.6. The lowest BCUT2D eigenvalue weighted by Crippen LogP contribution is -2.44. The molecule has 0 saturated heterocycles. The second-order valence-electron chi connectivity index (χ2n) is 11.2. The highest BCUT2D eigenvalue weighted by Crippen LogP contribution is 2.49. The van der Waals surface area contributed by atoms with Gasteiger partial charge in [-0.1, -0.05) is 71.5 Å². The third-order valence-corrected chi connectivity index (χ3v) is 2.08. The zero-order chi connectivity index (χ0) is 40.7. The van der Waals surface area contributed by atoms with Gasteiger partial charge in [0.15, 0.2) is 5.41 Å². The Morgan fingerprint density at radius 3 is 0.708 bits per heavy atom. The van der Waals surface area contributed by atoms with Crippen molar-refractivity contribution in [3.8, 4) is 0 Å². The van der Waals surface area contributed by atoms with Gasteiger partial charge in [-0.3, -0.25) is 4.21 Å². The Morgan fingerprint density at radius 2 is 0.688 bits per heavy atom. The first-order valence-corrected chi connectivity index (χ1v) is 19.1. The van der Waals surface area contributed by atoms with E-state index in [1.165, 1.54) is 13.8 Å². The molecular formula is C32H70F6O7S3. The van der Waals surface area contributed by atoms with E-state index in [-0.39, 0.29) is 27.1 Å². The number of ketones is 1. The molecule has 0 aliphatic rings. The molecule has 0 aliphatic carbocycles. The molecule has 48 heavy (non-hydrogen) atoms. The molecule has 0 spiro atoms. The van der Waals surface area contributed by atoms with Crippen molar-refractivity contribution in [3.05, 3.63) is 36.4 Å². The fraction of sp³-hybridized carbons (Fsp3) is 0.781. The molecule has 1 aromatic rings. The third-order valence-electron chi connectivity index (χ3n) is 2.08. The number of ether oxygens (including phenoxy) is 3. The highest BCUT2D eigenvalue weighted by molar-refractivity contribution is 7.97. The minimum absolute atomic E-state index is 0. The maximum absolute atomic E-state index is 11.6. The quantitative estimate of drug-likeness (QED) is 0.241. The van der Waals surface area contributed by atoms with E-state index in [2.05, 4.69) is 41.9 Å². The number of thioether (sulfide) groups is 1. The predicted molar refractivity (Wildman–Crippen MR) is 200 cm³/mol. The van der Waals surface area contributed by atoms with Crippen molar-refractivity contribution in [1.82, 2.24) is 0 Å². The molecule has 0 radical (unpaired) electrons. The average Bonchev–Trinajstić information content (AvgIpc) is 2.78. The van der Waals surface area contributed by atoms with E-state index in [0.717, 1.165) is 12.5 Å². The van der Waals surface area contributed by atoms with Gasteiger partial charge in [-0.15, -0.1) is 0 Å². The first kappa shape index (κ1) is 72.5. The molecule has 300 valence electrons. The lowest BCUT2D eigenvalue weighted by molar-refractivity contribution is -0.327. The van der Waals surface area contributed by atoms with Crippen LogP contribution in [-0.4, -0.2) is 111 Å². The van der Waals surface area contributed by atoms with Crippen LogP contribution >= 0.6 is 11.8 Å². The second-order valence-corrected chi connectivity index (χ2v) is 15.8. The average molecular weight is 777 g/mol. The summed E-state index contributed by atoms with van der Waals surface area (Å²) in [5.41, 5.74) is -3.12. The summed E-state index contributed by atoms with van der Waals surface area (Å²) >= 11 is 1.75. The van der Waals surface area contributed by atoms with Crippen LogP contribution in [-0.2, 0) is 39.6 Å². The highest BCUT2D eigenvalue weighted by Gasteiger charge is 2.64. The van der Waals surface area contributed by atoms with Crippen molar-refractivity contribution in [2.75, 3.05) is 80.2 Å². The number of halogens is 6. The number of Topliss-reactive ketones (excluding diaryl/α,β-unsaturated/α-hetero) is 1. The van der Waals surface area contributed by atoms with Crippen LogP contribution in [0.1, 0.15) is 62.8 Å². The Bertz CT molecular complexity index is 760. The molecule has 0 saturated carbocycles. The van der Waals surface area contributed by atoms with E-state index in [0.29, 0.717) is 5.41 Å². The van der Waals surface area contributed by atoms with Gasteiger partial charge in [0.05, 0.1) is 0 Å². The normalized spacial score (nSPS) is 9.73. The van der Waals surface area contributed by atoms with E-state index in [4.69, 9.17) is 0 Å². The summed E-state index contributed by atoms with van der Waals surface area (Å²) in [7, 11) is 6.47. The van der Waals surface area contributed by atoms with Crippen LogP contribution < -0.4 is 0 Å². The fourth-order valence-electron chi connectivity index (χ4n) is 0.546. The van der Waals surface area contributed by atoms with Gasteiger partial charge in [0.2, 0.25) is 0 Å². The minimum atomic E-state index is -5.24.